The Morgan fingerprint density at radius 1 is 1.24 bits per heavy atom. The van der Waals surface area contributed by atoms with Crippen LogP contribution in [0.1, 0.15) is 5.56 Å². The second kappa shape index (κ2) is 5.87. The second-order valence-corrected chi connectivity index (χ2v) is 5.16. The summed E-state index contributed by atoms with van der Waals surface area (Å²) in [7, 11) is 0. The molecule has 1 heterocycles. The average molecular weight is 282 g/mol. The van der Waals surface area contributed by atoms with Gasteiger partial charge in [-0.15, -0.1) is 0 Å². The van der Waals surface area contributed by atoms with Gasteiger partial charge < -0.3 is 15.0 Å². The average Bonchev–Trinajstić information content (AvgIpc) is 2.47. The first-order valence-corrected chi connectivity index (χ1v) is 7.06. The number of carbonyl (C=O) groups is 1. The molecule has 0 radical (unpaired) electrons. The summed E-state index contributed by atoms with van der Waals surface area (Å²) in [6.45, 7) is 3.66. The molecule has 2 aromatic carbocycles. The van der Waals surface area contributed by atoms with Crippen LogP contribution in [0.25, 0.3) is 0 Å². The van der Waals surface area contributed by atoms with E-state index in [1.165, 1.54) is 0 Å². The maximum atomic E-state index is 12.2. The normalized spacial score (nSPS) is 13.3. The van der Waals surface area contributed by atoms with Crippen LogP contribution < -0.4 is 15.0 Å². The van der Waals surface area contributed by atoms with Crippen LogP contribution in [0.2, 0.25) is 0 Å². The van der Waals surface area contributed by atoms with Gasteiger partial charge in [0.15, 0.2) is 0 Å². The number of anilines is 2. The van der Waals surface area contributed by atoms with Gasteiger partial charge in [-0.3, -0.25) is 4.79 Å². The van der Waals surface area contributed by atoms with Crippen LogP contribution in [0.4, 0.5) is 11.4 Å². The van der Waals surface area contributed by atoms with Gasteiger partial charge in [0.2, 0.25) is 5.91 Å². The fourth-order valence-electron chi connectivity index (χ4n) is 2.49. The maximum absolute atomic E-state index is 12.2. The van der Waals surface area contributed by atoms with E-state index >= 15 is 0 Å². The largest absolute Gasteiger partial charge is 0.490 e. The lowest BCUT2D eigenvalue weighted by Crippen LogP contribution is -2.38. The van der Waals surface area contributed by atoms with E-state index in [4.69, 9.17) is 4.74 Å². The van der Waals surface area contributed by atoms with Crippen molar-refractivity contribution in [3.05, 3.63) is 54.1 Å². The number of rotatable bonds is 3. The first-order valence-electron chi connectivity index (χ1n) is 7.06. The van der Waals surface area contributed by atoms with Crippen molar-refractivity contribution in [2.75, 3.05) is 29.9 Å². The molecule has 0 unspecified atom stereocenters. The van der Waals surface area contributed by atoms with E-state index in [0.29, 0.717) is 13.2 Å². The maximum Gasteiger partial charge on any atom is 0.243 e. The quantitative estimate of drug-likeness (QED) is 0.941. The summed E-state index contributed by atoms with van der Waals surface area (Å²) in [6, 6.07) is 15.6. The Morgan fingerprint density at radius 3 is 2.95 bits per heavy atom. The standard InChI is InChI=1S/C17H18N2O2/c1-13-5-4-6-14(11-13)18-17(20)12-19-9-10-21-16-8-3-2-7-15(16)19/h2-8,11H,9-10,12H2,1H3,(H,18,20). The lowest BCUT2D eigenvalue weighted by atomic mass is 10.2. The summed E-state index contributed by atoms with van der Waals surface area (Å²) in [5, 5.41) is 2.94. The van der Waals surface area contributed by atoms with Gasteiger partial charge in [-0.05, 0) is 36.8 Å². The zero-order chi connectivity index (χ0) is 14.7. The van der Waals surface area contributed by atoms with E-state index < -0.39 is 0 Å². The highest BCUT2D eigenvalue weighted by Crippen LogP contribution is 2.30. The van der Waals surface area contributed by atoms with E-state index in [2.05, 4.69) is 5.32 Å². The van der Waals surface area contributed by atoms with Crippen molar-refractivity contribution in [3.63, 3.8) is 0 Å². The molecule has 0 aliphatic carbocycles. The summed E-state index contributed by atoms with van der Waals surface area (Å²) < 4.78 is 5.60. The monoisotopic (exact) mass is 282 g/mol. The molecule has 0 spiro atoms. The third-order valence-electron chi connectivity index (χ3n) is 3.46. The van der Waals surface area contributed by atoms with Crippen LogP contribution in [-0.2, 0) is 4.79 Å². The van der Waals surface area contributed by atoms with Gasteiger partial charge in [0.1, 0.15) is 12.4 Å². The van der Waals surface area contributed by atoms with E-state index in [-0.39, 0.29) is 5.91 Å². The van der Waals surface area contributed by atoms with Crippen molar-refractivity contribution in [2.45, 2.75) is 6.92 Å². The Labute approximate surface area is 124 Å². The highest BCUT2D eigenvalue weighted by atomic mass is 16.5. The number of hydrogen-bond acceptors (Lipinski definition) is 3. The fraction of sp³-hybridized carbons (Fsp3) is 0.235. The topological polar surface area (TPSA) is 41.6 Å². The molecule has 0 fully saturated rings. The molecule has 1 aliphatic rings. The molecule has 1 N–H and O–H groups in total. The zero-order valence-corrected chi connectivity index (χ0v) is 12.0. The first kappa shape index (κ1) is 13.5. The molecule has 0 saturated heterocycles. The molecule has 0 aromatic heterocycles. The third-order valence-corrected chi connectivity index (χ3v) is 3.46. The smallest absolute Gasteiger partial charge is 0.243 e. The molecule has 2 aromatic rings. The molecule has 108 valence electrons. The molecule has 1 amide bonds. The second-order valence-electron chi connectivity index (χ2n) is 5.16. The number of hydrogen-bond donors (Lipinski definition) is 1. The summed E-state index contributed by atoms with van der Waals surface area (Å²) in [5.74, 6) is 0.824. The number of amides is 1. The summed E-state index contributed by atoms with van der Waals surface area (Å²) in [5.41, 5.74) is 2.94. The fourth-order valence-corrected chi connectivity index (χ4v) is 2.49. The van der Waals surface area contributed by atoms with E-state index in [9.17, 15) is 4.79 Å². The predicted octanol–water partition coefficient (Wildman–Crippen LogP) is 2.83. The lowest BCUT2D eigenvalue weighted by molar-refractivity contribution is -0.115. The van der Waals surface area contributed by atoms with Crippen LogP contribution in [0.3, 0.4) is 0 Å². The zero-order valence-electron chi connectivity index (χ0n) is 12.0. The van der Waals surface area contributed by atoms with Gasteiger partial charge in [-0.1, -0.05) is 24.3 Å². The Morgan fingerprint density at radius 2 is 2.10 bits per heavy atom. The minimum atomic E-state index is -0.0164. The van der Waals surface area contributed by atoms with Crippen LogP contribution in [0, 0.1) is 6.92 Å². The van der Waals surface area contributed by atoms with Crippen molar-refractivity contribution in [3.8, 4) is 5.75 Å². The number of carbonyl (C=O) groups excluding carboxylic acids is 1. The Balaban J connectivity index is 1.68. The van der Waals surface area contributed by atoms with Crippen LogP contribution in [-0.4, -0.2) is 25.6 Å². The number of aryl methyl sites for hydroxylation is 1. The summed E-state index contributed by atoms with van der Waals surface area (Å²) >= 11 is 0. The van der Waals surface area contributed by atoms with Gasteiger partial charge in [0, 0.05) is 5.69 Å². The third kappa shape index (κ3) is 3.16. The molecule has 3 rings (SSSR count). The number of para-hydroxylation sites is 2. The molecular formula is C17H18N2O2. The number of ether oxygens (including phenoxy) is 1. The van der Waals surface area contributed by atoms with Crippen LogP contribution in [0.15, 0.2) is 48.5 Å². The summed E-state index contributed by atoms with van der Waals surface area (Å²) in [6.07, 6.45) is 0. The minimum Gasteiger partial charge on any atom is -0.490 e. The molecule has 21 heavy (non-hydrogen) atoms. The van der Waals surface area contributed by atoms with Crippen LogP contribution in [0.5, 0.6) is 5.75 Å². The SMILES string of the molecule is Cc1cccc(NC(=O)CN2CCOc3ccccc32)c1. The number of nitrogens with one attached hydrogen (secondary N) is 1. The van der Waals surface area contributed by atoms with Crippen molar-refractivity contribution in [1.29, 1.82) is 0 Å². The van der Waals surface area contributed by atoms with E-state index in [0.717, 1.165) is 29.2 Å². The Hall–Kier alpha value is -2.49. The van der Waals surface area contributed by atoms with Gasteiger partial charge in [0.05, 0.1) is 18.8 Å². The Kier molecular flexibility index (Phi) is 3.77. The molecule has 0 atom stereocenters. The molecule has 0 saturated carbocycles. The van der Waals surface area contributed by atoms with Gasteiger partial charge in [0.25, 0.3) is 0 Å². The number of nitrogens with zero attached hydrogens (tertiary/aromatic N) is 1. The van der Waals surface area contributed by atoms with Gasteiger partial charge in [-0.25, -0.2) is 0 Å². The van der Waals surface area contributed by atoms with Crippen molar-refractivity contribution >= 4 is 17.3 Å². The number of fused-ring (bicyclic) bond motifs is 1. The Bertz CT molecular complexity index is 655. The molecule has 4 heteroatoms. The van der Waals surface area contributed by atoms with Crippen molar-refractivity contribution in [1.82, 2.24) is 0 Å². The van der Waals surface area contributed by atoms with Crippen molar-refractivity contribution < 1.29 is 9.53 Å². The van der Waals surface area contributed by atoms with Gasteiger partial charge >= 0.3 is 0 Å². The van der Waals surface area contributed by atoms with Gasteiger partial charge in [-0.2, -0.15) is 0 Å². The highest BCUT2D eigenvalue weighted by Gasteiger charge is 2.19. The first-order chi connectivity index (χ1) is 10.2. The molecule has 0 bridgehead atoms. The van der Waals surface area contributed by atoms with E-state index in [1.54, 1.807) is 0 Å². The van der Waals surface area contributed by atoms with E-state index in [1.807, 2.05) is 60.4 Å². The number of benzene rings is 2. The minimum absolute atomic E-state index is 0.0164. The molecular weight excluding hydrogens is 264 g/mol. The summed E-state index contributed by atoms with van der Waals surface area (Å²) in [4.78, 5) is 14.3. The molecule has 1 aliphatic heterocycles. The predicted molar refractivity (Wildman–Crippen MR) is 84.0 cm³/mol. The highest BCUT2D eigenvalue weighted by molar-refractivity contribution is 5.94. The molecule has 4 nitrogen and oxygen atoms in total. The van der Waals surface area contributed by atoms with Crippen molar-refractivity contribution in [2.24, 2.45) is 0 Å². The van der Waals surface area contributed by atoms with Crippen LogP contribution >= 0.6 is 0 Å². The lowest BCUT2D eigenvalue weighted by Gasteiger charge is -2.30.